The van der Waals surface area contributed by atoms with Crippen LogP contribution in [0.25, 0.3) is 0 Å². The lowest BCUT2D eigenvalue weighted by Gasteiger charge is -2.36. The van der Waals surface area contributed by atoms with Crippen molar-refractivity contribution in [2.45, 2.75) is 64.4 Å². The van der Waals surface area contributed by atoms with E-state index in [0.717, 1.165) is 25.9 Å². The zero-order valence-electron chi connectivity index (χ0n) is 13.8. The highest BCUT2D eigenvalue weighted by atomic mass is 32.2. The maximum absolute atomic E-state index is 12.4. The maximum atomic E-state index is 12.4. The molecule has 0 aromatic carbocycles. The molecule has 0 spiro atoms. The number of nitrogens with zero attached hydrogens (tertiary/aromatic N) is 1. The van der Waals surface area contributed by atoms with E-state index < -0.39 is 0 Å². The van der Waals surface area contributed by atoms with Crippen LogP contribution >= 0.6 is 11.8 Å². The van der Waals surface area contributed by atoms with Gasteiger partial charge >= 0.3 is 0 Å². The van der Waals surface area contributed by atoms with Crippen LogP contribution < -0.4 is 5.73 Å². The Kier molecular flexibility index (Phi) is 6.86. The average molecular weight is 301 g/mol. The normalized spacial score (nSPS) is 25.6. The van der Waals surface area contributed by atoms with Crippen LogP contribution in [0.4, 0.5) is 0 Å². The molecule has 0 radical (unpaired) electrons. The number of thioether (sulfide) groups is 1. The first-order valence-corrected chi connectivity index (χ1v) is 8.81. The van der Waals surface area contributed by atoms with E-state index in [0.29, 0.717) is 35.3 Å². The maximum Gasteiger partial charge on any atom is 0.222 e. The smallest absolute Gasteiger partial charge is 0.222 e. The molecule has 1 aliphatic rings. The second-order valence-corrected chi connectivity index (χ2v) is 9.12. The van der Waals surface area contributed by atoms with Gasteiger partial charge in [0, 0.05) is 30.0 Å². The molecule has 4 heteroatoms. The summed E-state index contributed by atoms with van der Waals surface area (Å²) in [6, 6.07) is 0. The second kappa shape index (κ2) is 7.69. The number of nitrogens with two attached hydrogens (primary N) is 1. The van der Waals surface area contributed by atoms with E-state index in [9.17, 15) is 4.79 Å². The van der Waals surface area contributed by atoms with Gasteiger partial charge in [0.05, 0.1) is 0 Å². The first-order chi connectivity index (χ1) is 9.24. The summed E-state index contributed by atoms with van der Waals surface area (Å²) < 4.78 is 0. The minimum Gasteiger partial charge on any atom is -0.341 e. The summed E-state index contributed by atoms with van der Waals surface area (Å²) >= 11 is 1.99. The SMILES string of the molecule is CC1CN(C(=O)CCC(CCN)C(C)(C)C)CC(C)S1. The molecule has 3 atom stereocenters. The van der Waals surface area contributed by atoms with Gasteiger partial charge in [-0.2, -0.15) is 11.8 Å². The zero-order chi connectivity index (χ0) is 15.3. The van der Waals surface area contributed by atoms with Gasteiger partial charge < -0.3 is 10.6 Å². The third-order valence-corrected chi connectivity index (χ3v) is 5.45. The Morgan fingerprint density at radius 2 is 1.80 bits per heavy atom. The molecule has 2 N–H and O–H groups in total. The van der Waals surface area contributed by atoms with Crippen molar-refractivity contribution in [1.82, 2.24) is 4.90 Å². The Labute approximate surface area is 129 Å². The number of amides is 1. The molecule has 0 aliphatic carbocycles. The highest BCUT2D eigenvalue weighted by molar-refractivity contribution is 8.00. The van der Waals surface area contributed by atoms with E-state index in [-0.39, 0.29) is 5.41 Å². The van der Waals surface area contributed by atoms with Crippen molar-refractivity contribution in [3.05, 3.63) is 0 Å². The standard InChI is InChI=1S/C16H32N2OS/c1-12-10-18(11-13(2)20-12)15(19)7-6-14(8-9-17)16(3,4)5/h12-14H,6-11,17H2,1-5H3. The predicted octanol–water partition coefficient (Wildman–Crippen LogP) is 3.13. The van der Waals surface area contributed by atoms with E-state index in [4.69, 9.17) is 5.73 Å². The molecule has 0 aromatic heterocycles. The Hall–Kier alpha value is -0.220. The molecule has 0 aromatic rings. The molecular formula is C16H32N2OS. The van der Waals surface area contributed by atoms with Gasteiger partial charge in [0.2, 0.25) is 5.91 Å². The van der Waals surface area contributed by atoms with Crippen LogP contribution in [-0.4, -0.2) is 40.9 Å². The Morgan fingerprint density at radius 3 is 2.25 bits per heavy atom. The van der Waals surface area contributed by atoms with Crippen molar-refractivity contribution in [1.29, 1.82) is 0 Å². The molecule has 3 nitrogen and oxygen atoms in total. The number of carbonyl (C=O) groups is 1. The topological polar surface area (TPSA) is 46.3 Å². The van der Waals surface area contributed by atoms with Crippen LogP contribution in [-0.2, 0) is 4.79 Å². The van der Waals surface area contributed by atoms with E-state index in [1.165, 1.54) is 0 Å². The molecule has 0 saturated carbocycles. The number of carbonyl (C=O) groups excluding carboxylic acids is 1. The van der Waals surface area contributed by atoms with Crippen molar-refractivity contribution in [2.24, 2.45) is 17.1 Å². The molecule has 0 bridgehead atoms. The minimum atomic E-state index is 0.234. The van der Waals surface area contributed by atoms with E-state index in [1.807, 2.05) is 11.8 Å². The summed E-state index contributed by atoms with van der Waals surface area (Å²) in [7, 11) is 0. The van der Waals surface area contributed by atoms with Gasteiger partial charge in [0.15, 0.2) is 0 Å². The van der Waals surface area contributed by atoms with Crippen LogP contribution in [0.3, 0.4) is 0 Å². The molecule has 118 valence electrons. The summed E-state index contributed by atoms with van der Waals surface area (Å²) in [5.74, 6) is 0.862. The van der Waals surface area contributed by atoms with E-state index in [1.54, 1.807) is 0 Å². The number of rotatable bonds is 5. The second-order valence-electron chi connectivity index (χ2n) is 7.24. The molecule has 20 heavy (non-hydrogen) atoms. The lowest BCUT2D eigenvalue weighted by atomic mass is 9.76. The molecule has 1 amide bonds. The fourth-order valence-electron chi connectivity index (χ4n) is 3.05. The summed E-state index contributed by atoms with van der Waals surface area (Å²) in [4.78, 5) is 14.5. The zero-order valence-corrected chi connectivity index (χ0v) is 14.6. The molecule has 3 unspecified atom stereocenters. The van der Waals surface area contributed by atoms with Gasteiger partial charge in [-0.05, 0) is 30.7 Å². The lowest BCUT2D eigenvalue weighted by molar-refractivity contribution is -0.131. The molecule has 1 aliphatic heterocycles. The van der Waals surface area contributed by atoms with Gasteiger partial charge in [-0.15, -0.1) is 0 Å². The van der Waals surface area contributed by atoms with Crippen molar-refractivity contribution < 1.29 is 4.79 Å². The monoisotopic (exact) mass is 300 g/mol. The average Bonchev–Trinajstić information content (AvgIpc) is 2.31. The minimum absolute atomic E-state index is 0.234. The van der Waals surface area contributed by atoms with Gasteiger partial charge in [0.1, 0.15) is 0 Å². The lowest BCUT2D eigenvalue weighted by Crippen LogP contribution is -2.44. The third-order valence-electron chi connectivity index (χ3n) is 4.22. The van der Waals surface area contributed by atoms with Crippen molar-refractivity contribution in [3.8, 4) is 0 Å². The summed E-state index contributed by atoms with van der Waals surface area (Å²) in [6.45, 7) is 13.7. The quantitative estimate of drug-likeness (QED) is 0.848. The molecule has 1 saturated heterocycles. The van der Waals surface area contributed by atoms with Crippen molar-refractivity contribution in [3.63, 3.8) is 0 Å². The Morgan fingerprint density at radius 1 is 1.25 bits per heavy atom. The Balaban J connectivity index is 2.48. The van der Waals surface area contributed by atoms with Crippen LogP contribution in [0.15, 0.2) is 0 Å². The Bertz CT molecular complexity index is 304. The summed E-state index contributed by atoms with van der Waals surface area (Å²) in [5.41, 5.74) is 5.95. The first kappa shape index (κ1) is 17.8. The summed E-state index contributed by atoms with van der Waals surface area (Å²) in [6.07, 6.45) is 2.65. The fraction of sp³-hybridized carbons (Fsp3) is 0.938. The largest absolute Gasteiger partial charge is 0.341 e. The predicted molar refractivity (Wildman–Crippen MR) is 88.9 cm³/mol. The van der Waals surface area contributed by atoms with Crippen molar-refractivity contribution >= 4 is 17.7 Å². The third kappa shape index (κ3) is 5.65. The van der Waals surface area contributed by atoms with Gasteiger partial charge in [-0.3, -0.25) is 4.79 Å². The van der Waals surface area contributed by atoms with Gasteiger partial charge in [-0.25, -0.2) is 0 Å². The van der Waals surface area contributed by atoms with Gasteiger partial charge in [-0.1, -0.05) is 34.6 Å². The van der Waals surface area contributed by atoms with Crippen LogP contribution in [0.5, 0.6) is 0 Å². The molecular weight excluding hydrogens is 268 g/mol. The van der Waals surface area contributed by atoms with Crippen molar-refractivity contribution in [2.75, 3.05) is 19.6 Å². The van der Waals surface area contributed by atoms with Gasteiger partial charge in [0.25, 0.3) is 0 Å². The summed E-state index contributed by atoms with van der Waals surface area (Å²) in [5, 5.41) is 1.12. The number of hydrogen-bond acceptors (Lipinski definition) is 3. The highest BCUT2D eigenvalue weighted by Gasteiger charge is 2.28. The van der Waals surface area contributed by atoms with E-state index >= 15 is 0 Å². The van der Waals surface area contributed by atoms with Crippen LogP contribution in [0, 0.1) is 11.3 Å². The highest BCUT2D eigenvalue weighted by Crippen LogP contribution is 2.33. The van der Waals surface area contributed by atoms with E-state index in [2.05, 4.69) is 39.5 Å². The molecule has 1 rings (SSSR count). The van der Waals surface area contributed by atoms with Crippen LogP contribution in [0.1, 0.15) is 53.9 Å². The molecule has 1 heterocycles. The van der Waals surface area contributed by atoms with Crippen LogP contribution in [0.2, 0.25) is 0 Å². The fourth-order valence-corrected chi connectivity index (χ4v) is 4.37. The first-order valence-electron chi connectivity index (χ1n) is 7.87. The molecule has 1 fully saturated rings. The number of hydrogen-bond donors (Lipinski definition) is 1.